The molecule has 8 heteroatoms. The zero-order chi connectivity index (χ0) is 24.1. The van der Waals surface area contributed by atoms with Crippen molar-refractivity contribution in [2.75, 3.05) is 16.8 Å². The quantitative estimate of drug-likeness (QED) is 0.305. The Kier molecular flexibility index (Phi) is 6.68. The van der Waals surface area contributed by atoms with E-state index in [9.17, 15) is 19.7 Å². The van der Waals surface area contributed by atoms with Crippen LogP contribution in [0.1, 0.15) is 12.5 Å². The summed E-state index contributed by atoms with van der Waals surface area (Å²) in [6, 6.07) is 23.1. The van der Waals surface area contributed by atoms with Crippen LogP contribution >= 0.6 is 0 Å². The molecule has 0 radical (unpaired) electrons. The minimum atomic E-state index is -0.442. The number of rotatable bonds is 8. The first-order valence-corrected chi connectivity index (χ1v) is 10.9. The summed E-state index contributed by atoms with van der Waals surface area (Å²) in [5.74, 6) is -0.217. The van der Waals surface area contributed by atoms with Crippen molar-refractivity contribution in [3.8, 4) is 0 Å². The summed E-state index contributed by atoms with van der Waals surface area (Å²) in [6.07, 6.45) is 1.99. The van der Waals surface area contributed by atoms with E-state index in [1.54, 1.807) is 39.9 Å². The average molecular weight is 457 g/mol. The number of aromatic nitrogens is 1. The molecule has 1 aromatic heterocycles. The maximum absolute atomic E-state index is 12.8. The molecule has 0 aliphatic heterocycles. The fourth-order valence-electron chi connectivity index (χ4n) is 3.88. The van der Waals surface area contributed by atoms with Gasteiger partial charge in [0.05, 0.1) is 11.3 Å². The van der Waals surface area contributed by atoms with Crippen molar-refractivity contribution in [1.82, 2.24) is 4.57 Å². The molecule has 0 saturated heterocycles. The number of nitrogens with zero attached hydrogens (tertiary/aromatic N) is 3. The SMILES string of the molecule is CCN(C(=O)Cc1ccc(NC(=O)Cn2ccc3cc([N+](=O)[O-])ccc32)cc1)c1ccccc1. The highest BCUT2D eigenvalue weighted by molar-refractivity contribution is 5.95. The standard InChI is InChI=1S/C26H24N4O4/c1-2-29(22-6-4-3-5-7-22)26(32)16-19-8-10-21(11-9-19)27-25(31)18-28-15-14-20-17-23(30(33)34)12-13-24(20)28/h3-15,17H,2,16,18H2,1H3,(H,27,31). The predicted octanol–water partition coefficient (Wildman–Crippen LogP) is 4.78. The minimum absolute atomic E-state index is 0.00482. The fourth-order valence-corrected chi connectivity index (χ4v) is 3.88. The number of nitro benzene ring substituents is 1. The second kappa shape index (κ2) is 9.99. The lowest BCUT2D eigenvalue weighted by atomic mass is 10.1. The van der Waals surface area contributed by atoms with Gasteiger partial charge in [0.15, 0.2) is 0 Å². The molecule has 0 aliphatic rings. The number of nitrogens with one attached hydrogen (secondary N) is 1. The van der Waals surface area contributed by atoms with Gasteiger partial charge in [-0.25, -0.2) is 0 Å². The van der Waals surface area contributed by atoms with E-state index in [4.69, 9.17) is 0 Å². The molecule has 34 heavy (non-hydrogen) atoms. The van der Waals surface area contributed by atoms with Gasteiger partial charge < -0.3 is 14.8 Å². The lowest BCUT2D eigenvalue weighted by Gasteiger charge is -2.21. The molecule has 0 spiro atoms. The molecule has 0 atom stereocenters. The first kappa shape index (κ1) is 22.7. The van der Waals surface area contributed by atoms with E-state index in [0.29, 0.717) is 17.6 Å². The van der Waals surface area contributed by atoms with Crippen molar-refractivity contribution in [2.24, 2.45) is 0 Å². The van der Waals surface area contributed by atoms with E-state index in [-0.39, 0.29) is 30.5 Å². The van der Waals surface area contributed by atoms with Crippen LogP contribution in [-0.2, 0) is 22.6 Å². The minimum Gasteiger partial charge on any atom is -0.338 e. The van der Waals surface area contributed by atoms with E-state index in [1.165, 1.54) is 12.1 Å². The molecule has 0 fully saturated rings. The number of nitro groups is 1. The highest BCUT2D eigenvalue weighted by Gasteiger charge is 2.15. The average Bonchev–Trinajstić information content (AvgIpc) is 3.23. The van der Waals surface area contributed by atoms with Gasteiger partial charge in [0, 0.05) is 47.2 Å². The van der Waals surface area contributed by atoms with Gasteiger partial charge in [0.1, 0.15) is 6.54 Å². The summed E-state index contributed by atoms with van der Waals surface area (Å²) in [4.78, 5) is 37.6. The van der Waals surface area contributed by atoms with Crippen LogP contribution in [0.15, 0.2) is 85.1 Å². The van der Waals surface area contributed by atoms with Crippen molar-refractivity contribution in [3.63, 3.8) is 0 Å². The van der Waals surface area contributed by atoms with Crippen LogP contribution in [-0.4, -0.2) is 27.8 Å². The Morgan fingerprint density at radius 2 is 1.74 bits per heavy atom. The molecule has 3 aromatic carbocycles. The van der Waals surface area contributed by atoms with Crippen molar-refractivity contribution in [1.29, 1.82) is 0 Å². The third-order valence-corrected chi connectivity index (χ3v) is 5.56. The molecular formula is C26H24N4O4. The number of non-ortho nitro benzene ring substituents is 1. The second-order valence-corrected chi connectivity index (χ2v) is 7.84. The van der Waals surface area contributed by atoms with Gasteiger partial charge in [0.25, 0.3) is 5.69 Å². The Bertz CT molecular complexity index is 1330. The molecule has 1 heterocycles. The number of benzene rings is 3. The molecule has 0 aliphatic carbocycles. The van der Waals surface area contributed by atoms with Crippen LogP contribution in [0.2, 0.25) is 0 Å². The number of anilines is 2. The topological polar surface area (TPSA) is 97.5 Å². The summed E-state index contributed by atoms with van der Waals surface area (Å²) in [5.41, 5.74) is 3.11. The fraction of sp³-hybridized carbons (Fsp3) is 0.154. The maximum Gasteiger partial charge on any atom is 0.270 e. The molecule has 2 amide bonds. The third kappa shape index (κ3) is 5.12. The maximum atomic E-state index is 12.8. The number of likely N-dealkylation sites (N-methyl/N-ethyl adjacent to an activating group) is 1. The van der Waals surface area contributed by atoms with Crippen LogP contribution < -0.4 is 10.2 Å². The van der Waals surface area contributed by atoms with Gasteiger partial charge in [-0.1, -0.05) is 30.3 Å². The summed E-state index contributed by atoms with van der Waals surface area (Å²) in [6.45, 7) is 2.60. The molecule has 8 nitrogen and oxygen atoms in total. The Labute approximate surface area is 196 Å². The number of carbonyl (C=O) groups is 2. The Hall–Kier alpha value is -4.46. The van der Waals surface area contributed by atoms with Crippen molar-refractivity contribution in [2.45, 2.75) is 19.9 Å². The molecule has 4 rings (SSSR count). The number of hydrogen-bond donors (Lipinski definition) is 1. The van der Waals surface area contributed by atoms with E-state index < -0.39 is 4.92 Å². The number of amides is 2. The van der Waals surface area contributed by atoms with E-state index >= 15 is 0 Å². The normalized spacial score (nSPS) is 10.7. The summed E-state index contributed by atoms with van der Waals surface area (Å²) < 4.78 is 1.74. The van der Waals surface area contributed by atoms with Crippen molar-refractivity contribution >= 4 is 39.8 Å². The lowest BCUT2D eigenvalue weighted by Crippen LogP contribution is -2.31. The summed E-state index contributed by atoms with van der Waals surface area (Å²) in [7, 11) is 0. The van der Waals surface area contributed by atoms with E-state index in [0.717, 1.165) is 16.8 Å². The van der Waals surface area contributed by atoms with Crippen LogP contribution in [0.25, 0.3) is 10.9 Å². The van der Waals surface area contributed by atoms with E-state index in [1.807, 2.05) is 49.4 Å². The molecule has 172 valence electrons. The molecule has 0 unspecified atom stereocenters. The van der Waals surface area contributed by atoms with Crippen LogP contribution in [0.5, 0.6) is 0 Å². The van der Waals surface area contributed by atoms with Gasteiger partial charge in [-0.15, -0.1) is 0 Å². The van der Waals surface area contributed by atoms with Gasteiger partial charge in [-0.2, -0.15) is 0 Å². The zero-order valence-electron chi connectivity index (χ0n) is 18.7. The number of fused-ring (bicyclic) bond motifs is 1. The predicted molar refractivity (Wildman–Crippen MR) is 132 cm³/mol. The number of hydrogen-bond acceptors (Lipinski definition) is 4. The first-order valence-electron chi connectivity index (χ1n) is 10.9. The highest BCUT2D eigenvalue weighted by atomic mass is 16.6. The molecule has 0 saturated carbocycles. The number of para-hydroxylation sites is 1. The van der Waals surface area contributed by atoms with Gasteiger partial charge in [-0.3, -0.25) is 19.7 Å². The second-order valence-electron chi connectivity index (χ2n) is 7.84. The van der Waals surface area contributed by atoms with Gasteiger partial charge in [0.2, 0.25) is 11.8 Å². The molecule has 4 aromatic rings. The van der Waals surface area contributed by atoms with Crippen LogP contribution in [0.4, 0.5) is 17.1 Å². The smallest absolute Gasteiger partial charge is 0.270 e. The Balaban J connectivity index is 1.37. The summed E-state index contributed by atoms with van der Waals surface area (Å²) >= 11 is 0. The molecular weight excluding hydrogens is 432 g/mol. The summed E-state index contributed by atoms with van der Waals surface area (Å²) in [5, 5.41) is 14.5. The Morgan fingerprint density at radius 3 is 2.41 bits per heavy atom. The van der Waals surface area contributed by atoms with Gasteiger partial charge in [-0.05, 0) is 48.9 Å². The van der Waals surface area contributed by atoms with Crippen LogP contribution in [0, 0.1) is 10.1 Å². The Morgan fingerprint density at radius 1 is 1.00 bits per heavy atom. The van der Waals surface area contributed by atoms with E-state index in [2.05, 4.69) is 5.32 Å². The largest absolute Gasteiger partial charge is 0.338 e. The lowest BCUT2D eigenvalue weighted by molar-refractivity contribution is -0.384. The van der Waals surface area contributed by atoms with Crippen LogP contribution in [0.3, 0.4) is 0 Å². The van der Waals surface area contributed by atoms with Crippen molar-refractivity contribution < 1.29 is 14.5 Å². The van der Waals surface area contributed by atoms with Gasteiger partial charge >= 0.3 is 0 Å². The van der Waals surface area contributed by atoms with Crippen molar-refractivity contribution in [3.05, 3.63) is 101 Å². The third-order valence-electron chi connectivity index (χ3n) is 5.56. The number of carbonyl (C=O) groups excluding carboxylic acids is 2. The first-order chi connectivity index (χ1) is 16.4. The zero-order valence-corrected chi connectivity index (χ0v) is 18.7. The molecule has 1 N–H and O–H groups in total. The monoisotopic (exact) mass is 456 g/mol. The highest BCUT2D eigenvalue weighted by Crippen LogP contribution is 2.22. The molecule has 0 bridgehead atoms.